The van der Waals surface area contributed by atoms with Gasteiger partial charge in [0.15, 0.2) is 0 Å². The van der Waals surface area contributed by atoms with E-state index in [1.165, 1.54) is 27.8 Å². The van der Waals surface area contributed by atoms with Crippen LogP contribution in [0.4, 0.5) is 0 Å². The summed E-state index contributed by atoms with van der Waals surface area (Å²) in [6.07, 6.45) is 0. The van der Waals surface area contributed by atoms with Crippen LogP contribution in [0.15, 0.2) is 99.9 Å². The zero-order chi connectivity index (χ0) is 18.8. The van der Waals surface area contributed by atoms with E-state index in [1.807, 2.05) is 12.1 Å². The maximum absolute atomic E-state index is 5.87. The van der Waals surface area contributed by atoms with E-state index >= 15 is 0 Å². The first-order valence-electron chi connectivity index (χ1n) is 8.61. The molecule has 2 radical (unpaired) electrons. The van der Waals surface area contributed by atoms with Gasteiger partial charge in [0.2, 0.25) is 0 Å². The van der Waals surface area contributed by atoms with E-state index in [4.69, 9.17) is 7.85 Å². The Morgan fingerprint density at radius 3 is 1.04 bits per heavy atom. The van der Waals surface area contributed by atoms with Gasteiger partial charge in [-0.25, -0.2) is 0 Å². The molecule has 0 unspecified atom stereocenters. The molecule has 0 aromatic heterocycles. The van der Waals surface area contributed by atoms with Crippen molar-refractivity contribution >= 4 is 45.2 Å². The first-order chi connectivity index (χ1) is 13.1. The molecule has 4 aromatic rings. The van der Waals surface area contributed by atoms with Crippen LogP contribution in [0, 0.1) is 0 Å². The summed E-state index contributed by atoms with van der Waals surface area (Å²) in [6, 6.07) is 31.6. The molecule has 0 heterocycles. The van der Waals surface area contributed by atoms with Crippen LogP contribution in [0.25, 0.3) is 33.4 Å². The van der Waals surface area contributed by atoms with Crippen molar-refractivity contribution in [1.82, 2.24) is 0 Å². The summed E-state index contributed by atoms with van der Waals surface area (Å²) in [6.45, 7) is 0. The Morgan fingerprint density at radius 1 is 0.407 bits per heavy atom. The van der Waals surface area contributed by atoms with Gasteiger partial charge in [-0.15, -0.1) is 0 Å². The van der Waals surface area contributed by atoms with E-state index in [9.17, 15) is 0 Å². The maximum atomic E-state index is 5.87. The third-order valence-electron chi connectivity index (χ3n) is 4.53. The average Bonchev–Trinajstić information content (AvgIpc) is 2.69. The summed E-state index contributed by atoms with van der Waals surface area (Å²) in [5.74, 6) is 0. The fraction of sp³-hybridized carbons (Fsp3) is 0. The fourth-order valence-corrected chi connectivity index (χ4v) is 3.62. The number of rotatable bonds is 3. The normalized spacial score (nSPS) is 10.7. The highest BCUT2D eigenvalue weighted by molar-refractivity contribution is 9.10. The Labute approximate surface area is 177 Å². The topological polar surface area (TPSA) is 0 Å². The lowest BCUT2D eigenvalue weighted by Crippen LogP contribution is -1.99. The van der Waals surface area contributed by atoms with E-state index < -0.39 is 0 Å². The van der Waals surface area contributed by atoms with Crippen molar-refractivity contribution in [1.29, 1.82) is 0 Å². The zero-order valence-corrected chi connectivity index (χ0v) is 17.7. The standard InChI is InChI=1S/C24H15BBr2/c25-22-7-1-16(2-8-22)19-13-20(17-3-9-23(26)10-4-17)15-21(14-19)18-5-11-24(27)12-6-18/h1-15H. The van der Waals surface area contributed by atoms with Crippen LogP contribution in [0.3, 0.4) is 0 Å². The number of hydrogen-bond acceptors (Lipinski definition) is 0. The van der Waals surface area contributed by atoms with Crippen molar-refractivity contribution in [3.63, 3.8) is 0 Å². The molecule has 3 heteroatoms. The van der Waals surface area contributed by atoms with Gasteiger partial charge in [-0.3, -0.25) is 0 Å². The second-order valence-corrected chi connectivity index (χ2v) is 8.27. The molecule has 0 saturated heterocycles. The summed E-state index contributed by atoms with van der Waals surface area (Å²) in [5, 5.41) is 0. The molecular formula is C24H15BBr2. The van der Waals surface area contributed by atoms with E-state index in [-0.39, 0.29) is 0 Å². The van der Waals surface area contributed by atoms with Crippen LogP contribution >= 0.6 is 31.9 Å². The SMILES string of the molecule is [B]c1ccc(-c2cc(-c3ccc(Br)cc3)cc(-c3ccc(Br)cc3)c2)cc1. The van der Waals surface area contributed by atoms with Gasteiger partial charge in [0.25, 0.3) is 0 Å². The number of halogens is 2. The van der Waals surface area contributed by atoms with Gasteiger partial charge >= 0.3 is 0 Å². The highest BCUT2D eigenvalue weighted by atomic mass is 79.9. The lowest BCUT2D eigenvalue weighted by Gasteiger charge is -2.12. The zero-order valence-electron chi connectivity index (χ0n) is 14.5. The molecule has 0 N–H and O–H groups in total. The molecule has 4 rings (SSSR count). The van der Waals surface area contributed by atoms with Crippen molar-refractivity contribution in [2.75, 3.05) is 0 Å². The third kappa shape index (κ3) is 4.26. The third-order valence-corrected chi connectivity index (χ3v) is 5.59. The van der Waals surface area contributed by atoms with Crippen LogP contribution < -0.4 is 5.46 Å². The Bertz CT molecular complexity index is 913. The molecule has 0 amide bonds. The average molecular weight is 474 g/mol. The van der Waals surface area contributed by atoms with E-state index in [2.05, 4.69) is 111 Å². The summed E-state index contributed by atoms with van der Waals surface area (Å²) < 4.78 is 2.16. The smallest absolute Gasteiger partial charge is 0.0966 e. The summed E-state index contributed by atoms with van der Waals surface area (Å²) in [5.41, 5.74) is 7.86. The molecular weight excluding hydrogens is 459 g/mol. The first-order valence-corrected chi connectivity index (χ1v) is 10.2. The van der Waals surface area contributed by atoms with Crippen LogP contribution in [-0.2, 0) is 0 Å². The monoisotopic (exact) mass is 472 g/mol. The molecule has 0 bridgehead atoms. The molecule has 0 aliphatic rings. The Balaban J connectivity index is 1.89. The van der Waals surface area contributed by atoms with Crippen LogP contribution in [0.2, 0.25) is 0 Å². The number of hydrogen-bond donors (Lipinski definition) is 0. The minimum Gasteiger partial charge on any atom is -0.0966 e. The van der Waals surface area contributed by atoms with Crippen molar-refractivity contribution in [2.24, 2.45) is 0 Å². The predicted octanol–water partition coefficient (Wildman–Crippen LogP) is 7.01. The minimum absolute atomic E-state index is 0.774. The van der Waals surface area contributed by atoms with Gasteiger partial charge < -0.3 is 0 Å². The summed E-state index contributed by atoms with van der Waals surface area (Å²) >= 11 is 7.04. The second kappa shape index (κ2) is 7.88. The number of benzene rings is 4. The lowest BCUT2D eigenvalue weighted by atomic mass is 9.91. The molecule has 0 saturated carbocycles. The second-order valence-electron chi connectivity index (χ2n) is 6.43. The van der Waals surface area contributed by atoms with E-state index in [0.29, 0.717) is 0 Å². The highest BCUT2D eigenvalue weighted by Crippen LogP contribution is 2.33. The fourth-order valence-electron chi connectivity index (χ4n) is 3.09. The predicted molar refractivity (Wildman–Crippen MR) is 124 cm³/mol. The first kappa shape index (κ1) is 18.3. The Hall–Kier alpha value is -2.10. The van der Waals surface area contributed by atoms with Crippen LogP contribution in [0.1, 0.15) is 0 Å². The lowest BCUT2D eigenvalue weighted by molar-refractivity contribution is 1.55. The van der Waals surface area contributed by atoms with Gasteiger partial charge in [0.1, 0.15) is 7.85 Å². The van der Waals surface area contributed by atoms with Crippen LogP contribution in [0.5, 0.6) is 0 Å². The maximum Gasteiger partial charge on any atom is 0.113 e. The van der Waals surface area contributed by atoms with Gasteiger partial charge in [0.05, 0.1) is 0 Å². The van der Waals surface area contributed by atoms with Crippen molar-refractivity contribution in [3.8, 4) is 33.4 Å². The molecule has 0 spiro atoms. The highest BCUT2D eigenvalue weighted by Gasteiger charge is 2.08. The summed E-state index contributed by atoms with van der Waals surface area (Å²) in [4.78, 5) is 0. The molecule has 27 heavy (non-hydrogen) atoms. The molecule has 0 aliphatic carbocycles. The summed E-state index contributed by atoms with van der Waals surface area (Å²) in [7, 11) is 5.87. The molecule has 0 atom stereocenters. The van der Waals surface area contributed by atoms with Gasteiger partial charge in [0, 0.05) is 8.95 Å². The van der Waals surface area contributed by atoms with Crippen LogP contribution in [-0.4, -0.2) is 7.85 Å². The van der Waals surface area contributed by atoms with Crippen molar-refractivity contribution in [3.05, 3.63) is 99.9 Å². The van der Waals surface area contributed by atoms with Gasteiger partial charge in [-0.1, -0.05) is 85.9 Å². The van der Waals surface area contributed by atoms with Gasteiger partial charge in [-0.2, -0.15) is 0 Å². The largest absolute Gasteiger partial charge is 0.113 e. The van der Waals surface area contributed by atoms with E-state index in [1.54, 1.807) is 0 Å². The Morgan fingerprint density at radius 2 is 0.704 bits per heavy atom. The molecule has 0 aliphatic heterocycles. The quantitative estimate of drug-likeness (QED) is 0.281. The van der Waals surface area contributed by atoms with E-state index in [0.717, 1.165) is 20.0 Å². The molecule has 128 valence electrons. The Kier molecular flexibility index (Phi) is 5.33. The molecule has 0 nitrogen and oxygen atoms in total. The van der Waals surface area contributed by atoms with Crippen molar-refractivity contribution in [2.45, 2.75) is 0 Å². The minimum atomic E-state index is 0.774. The molecule has 0 fully saturated rings. The van der Waals surface area contributed by atoms with Gasteiger partial charge in [-0.05, 0) is 75.8 Å². The van der Waals surface area contributed by atoms with Crippen molar-refractivity contribution < 1.29 is 0 Å². The molecule has 4 aromatic carbocycles.